The second kappa shape index (κ2) is 7.83. The summed E-state index contributed by atoms with van der Waals surface area (Å²) in [6.07, 6.45) is 0.400. The molecule has 1 heterocycles. The van der Waals surface area contributed by atoms with E-state index < -0.39 is 5.60 Å². The Morgan fingerprint density at radius 2 is 2.08 bits per heavy atom. The molecule has 1 atom stereocenters. The van der Waals surface area contributed by atoms with Gasteiger partial charge in [0, 0.05) is 36.7 Å². The van der Waals surface area contributed by atoms with E-state index in [9.17, 15) is 9.18 Å². The molecule has 1 unspecified atom stereocenters. The number of rotatable bonds is 3. The Morgan fingerprint density at radius 3 is 2.71 bits per heavy atom. The Bertz CT molecular complexity index is 589. The third kappa shape index (κ3) is 5.45. The monoisotopic (exact) mass is 400 g/mol. The van der Waals surface area contributed by atoms with Gasteiger partial charge in [0.1, 0.15) is 11.4 Å². The van der Waals surface area contributed by atoms with Crippen molar-refractivity contribution in [1.29, 1.82) is 0 Å². The first-order chi connectivity index (χ1) is 11.2. The Kier molecular flexibility index (Phi) is 6.26. The Labute approximate surface area is 152 Å². The Morgan fingerprint density at radius 1 is 1.38 bits per heavy atom. The second-order valence-electron chi connectivity index (χ2n) is 7.31. The second-order valence-corrected chi connectivity index (χ2v) is 8.22. The molecule has 24 heavy (non-hydrogen) atoms. The number of amides is 1. The number of carbonyl (C=O) groups excluding carboxylic acids is 1. The molecule has 134 valence electrons. The molecule has 1 fully saturated rings. The van der Waals surface area contributed by atoms with Gasteiger partial charge in [-0.2, -0.15) is 0 Å². The summed E-state index contributed by atoms with van der Waals surface area (Å²) in [6, 6.07) is 5.11. The molecule has 1 aromatic carbocycles. The zero-order valence-corrected chi connectivity index (χ0v) is 16.4. The standard InChI is InChI=1S/C18H26BrFN2O2/c1-13-12-21(8-7-14-11-15(19)5-6-16(14)20)9-10-22(13)17(23)24-18(2,3)4/h5-6,11,13H,7-10,12H2,1-4H3. The van der Waals surface area contributed by atoms with Crippen molar-refractivity contribution in [3.8, 4) is 0 Å². The number of carbonyl (C=O) groups is 1. The number of hydrogen-bond donors (Lipinski definition) is 0. The van der Waals surface area contributed by atoms with Gasteiger partial charge in [-0.05, 0) is 57.9 Å². The number of nitrogens with zero attached hydrogens (tertiary/aromatic N) is 2. The fourth-order valence-electron chi connectivity index (χ4n) is 2.84. The molecule has 0 radical (unpaired) electrons. The zero-order valence-electron chi connectivity index (χ0n) is 14.8. The van der Waals surface area contributed by atoms with Crippen molar-refractivity contribution in [2.75, 3.05) is 26.2 Å². The summed E-state index contributed by atoms with van der Waals surface area (Å²) < 4.78 is 20.2. The van der Waals surface area contributed by atoms with Gasteiger partial charge in [-0.1, -0.05) is 15.9 Å². The number of hydrogen-bond acceptors (Lipinski definition) is 3. The highest BCUT2D eigenvalue weighted by Crippen LogP contribution is 2.18. The first kappa shape index (κ1) is 19.2. The van der Waals surface area contributed by atoms with E-state index in [2.05, 4.69) is 20.8 Å². The minimum atomic E-state index is -0.480. The van der Waals surface area contributed by atoms with Crippen LogP contribution in [-0.4, -0.2) is 53.7 Å². The Balaban J connectivity index is 1.87. The highest BCUT2D eigenvalue weighted by Gasteiger charge is 2.30. The molecular weight excluding hydrogens is 375 g/mol. The predicted molar refractivity (Wildman–Crippen MR) is 96.6 cm³/mol. The van der Waals surface area contributed by atoms with Gasteiger partial charge in [-0.25, -0.2) is 9.18 Å². The summed E-state index contributed by atoms with van der Waals surface area (Å²) in [5, 5.41) is 0. The van der Waals surface area contributed by atoms with Gasteiger partial charge in [0.25, 0.3) is 0 Å². The normalized spacial score (nSPS) is 19.4. The van der Waals surface area contributed by atoms with Crippen LogP contribution in [0.1, 0.15) is 33.3 Å². The minimum Gasteiger partial charge on any atom is -0.444 e. The van der Waals surface area contributed by atoms with Gasteiger partial charge in [0.2, 0.25) is 0 Å². The molecule has 6 heteroatoms. The van der Waals surface area contributed by atoms with E-state index in [0.29, 0.717) is 18.5 Å². The predicted octanol–water partition coefficient (Wildman–Crippen LogP) is 4.07. The maximum Gasteiger partial charge on any atom is 0.410 e. The molecular formula is C18H26BrFN2O2. The van der Waals surface area contributed by atoms with E-state index >= 15 is 0 Å². The van der Waals surface area contributed by atoms with Crippen LogP contribution >= 0.6 is 15.9 Å². The van der Waals surface area contributed by atoms with E-state index in [4.69, 9.17) is 4.74 Å². The third-order valence-corrected chi connectivity index (χ3v) is 4.54. The van der Waals surface area contributed by atoms with E-state index in [0.717, 1.165) is 24.1 Å². The van der Waals surface area contributed by atoms with Crippen LogP contribution in [0.15, 0.2) is 22.7 Å². The molecule has 1 aliphatic rings. The van der Waals surface area contributed by atoms with Crippen molar-refractivity contribution in [2.24, 2.45) is 0 Å². The van der Waals surface area contributed by atoms with E-state index in [1.807, 2.05) is 33.8 Å². The maximum atomic E-state index is 13.8. The van der Waals surface area contributed by atoms with Crippen LogP contribution in [0.4, 0.5) is 9.18 Å². The smallest absolute Gasteiger partial charge is 0.410 e. The number of ether oxygens (including phenoxy) is 1. The molecule has 0 saturated carbocycles. The average molecular weight is 401 g/mol. The molecule has 0 bridgehead atoms. The van der Waals surface area contributed by atoms with Crippen LogP contribution in [0.5, 0.6) is 0 Å². The number of piperazine rings is 1. The Hall–Kier alpha value is -1.14. The molecule has 1 amide bonds. The lowest BCUT2D eigenvalue weighted by Gasteiger charge is -2.40. The zero-order chi connectivity index (χ0) is 17.9. The van der Waals surface area contributed by atoms with Crippen molar-refractivity contribution in [3.63, 3.8) is 0 Å². The van der Waals surface area contributed by atoms with Gasteiger partial charge < -0.3 is 9.64 Å². The summed E-state index contributed by atoms with van der Waals surface area (Å²) >= 11 is 3.38. The summed E-state index contributed by atoms with van der Waals surface area (Å²) in [5.74, 6) is -0.168. The minimum absolute atomic E-state index is 0.0842. The van der Waals surface area contributed by atoms with Crippen LogP contribution in [0.3, 0.4) is 0 Å². The molecule has 4 nitrogen and oxygen atoms in total. The van der Waals surface area contributed by atoms with Crippen LogP contribution in [0.2, 0.25) is 0 Å². The molecule has 0 aromatic heterocycles. The summed E-state index contributed by atoms with van der Waals surface area (Å²) in [7, 11) is 0. The fourth-order valence-corrected chi connectivity index (χ4v) is 3.25. The third-order valence-electron chi connectivity index (χ3n) is 4.04. The lowest BCUT2D eigenvalue weighted by molar-refractivity contribution is 0.00161. The van der Waals surface area contributed by atoms with Crippen molar-refractivity contribution >= 4 is 22.0 Å². The van der Waals surface area contributed by atoms with E-state index in [1.165, 1.54) is 6.07 Å². The summed E-state index contributed by atoms with van der Waals surface area (Å²) in [4.78, 5) is 16.3. The number of benzene rings is 1. The van der Waals surface area contributed by atoms with Gasteiger partial charge >= 0.3 is 6.09 Å². The highest BCUT2D eigenvalue weighted by molar-refractivity contribution is 9.10. The molecule has 0 N–H and O–H groups in total. The van der Waals surface area contributed by atoms with Gasteiger partial charge in [0.05, 0.1) is 0 Å². The molecule has 1 aliphatic heterocycles. The lowest BCUT2D eigenvalue weighted by atomic mass is 10.1. The van der Waals surface area contributed by atoms with Crippen LogP contribution in [0.25, 0.3) is 0 Å². The van der Waals surface area contributed by atoms with Gasteiger partial charge in [-0.3, -0.25) is 4.90 Å². The first-order valence-electron chi connectivity index (χ1n) is 8.31. The molecule has 0 spiro atoms. The lowest BCUT2D eigenvalue weighted by Crippen LogP contribution is -2.55. The summed E-state index contributed by atoms with van der Waals surface area (Å²) in [5.41, 5.74) is 0.234. The van der Waals surface area contributed by atoms with Crippen LogP contribution in [-0.2, 0) is 11.2 Å². The van der Waals surface area contributed by atoms with E-state index in [-0.39, 0.29) is 18.0 Å². The van der Waals surface area contributed by atoms with Crippen molar-refractivity contribution in [2.45, 2.75) is 45.8 Å². The molecule has 0 aliphatic carbocycles. The SMILES string of the molecule is CC1CN(CCc2cc(Br)ccc2F)CCN1C(=O)OC(C)(C)C. The summed E-state index contributed by atoms with van der Waals surface area (Å²) in [6.45, 7) is 10.6. The van der Waals surface area contributed by atoms with Crippen LogP contribution < -0.4 is 0 Å². The van der Waals surface area contributed by atoms with Gasteiger partial charge in [-0.15, -0.1) is 0 Å². The van der Waals surface area contributed by atoms with Crippen molar-refractivity contribution in [1.82, 2.24) is 9.80 Å². The maximum absolute atomic E-state index is 13.8. The van der Waals surface area contributed by atoms with Crippen molar-refractivity contribution in [3.05, 3.63) is 34.1 Å². The highest BCUT2D eigenvalue weighted by atomic mass is 79.9. The largest absolute Gasteiger partial charge is 0.444 e. The topological polar surface area (TPSA) is 32.8 Å². The van der Waals surface area contributed by atoms with Gasteiger partial charge in [0.15, 0.2) is 0 Å². The average Bonchev–Trinajstić information content (AvgIpc) is 2.46. The fraction of sp³-hybridized carbons (Fsp3) is 0.611. The molecule has 2 rings (SSSR count). The van der Waals surface area contributed by atoms with Crippen molar-refractivity contribution < 1.29 is 13.9 Å². The molecule has 1 saturated heterocycles. The quantitative estimate of drug-likeness (QED) is 0.766. The first-order valence-corrected chi connectivity index (χ1v) is 9.11. The van der Waals surface area contributed by atoms with Crippen LogP contribution in [0, 0.1) is 5.82 Å². The molecule has 1 aromatic rings. The van der Waals surface area contributed by atoms with E-state index in [1.54, 1.807) is 11.0 Å². The number of halogens is 2.